The van der Waals surface area contributed by atoms with E-state index >= 15 is 0 Å². The smallest absolute Gasteiger partial charge is 0.307 e. The molecule has 5 heteroatoms. The molecule has 0 unspecified atom stereocenters. The van der Waals surface area contributed by atoms with Gasteiger partial charge in [0, 0.05) is 24.4 Å². The van der Waals surface area contributed by atoms with Crippen molar-refractivity contribution in [2.24, 2.45) is 0 Å². The lowest BCUT2D eigenvalue weighted by atomic mass is 10.2. The van der Waals surface area contributed by atoms with Gasteiger partial charge < -0.3 is 10.0 Å². The molecule has 1 amide bonds. The van der Waals surface area contributed by atoms with E-state index in [2.05, 4.69) is 0 Å². The predicted octanol–water partition coefficient (Wildman–Crippen LogP) is 3.05. The Morgan fingerprint density at radius 2 is 1.76 bits per heavy atom. The molecule has 0 fully saturated rings. The van der Waals surface area contributed by atoms with Crippen LogP contribution in [0.15, 0.2) is 29.2 Å². The van der Waals surface area contributed by atoms with Crippen LogP contribution in [0.3, 0.4) is 0 Å². The molecule has 0 bridgehead atoms. The molecular weight excluding hydrogens is 286 g/mol. The van der Waals surface area contributed by atoms with Gasteiger partial charge in [0.2, 0.25) is 5.91 Å². The predicted molar refractivity (Wildman–Crippen MR) is 85.7 cm³/mol. The average molecular weight is 309 g/mol. The van der Waals surface area contributed by atoms with Gasteiger partial charge in [-0.05, 0) is 43.7 Å². The zero-order valence-electron chi connectivity index (χ0n) is 12.7. The van der Waals surface area contributed by atoms with Gasteiger partial charge in [-0.1, -0.05) is 12.1 Å². The number of rotatable bonds is 9. The van der Waals surface area contributed by atoms with Crippen LogP contribution in [0.2, 0.25) is 0 Å². The molecule has 0 atom stereocenters. The second kappa shape index (κ2) is 9.45. The minimum absolute atomic E-state index is 0.0588. The SMILES string of the molecule is CCN(CC)C(=O)CCCSc1ccc(CC(=O)O)cc1. The maximum absolute atomic E-state index is 11.8. The standard InChI is InChI=1S/C16H23NO3S/c1-3-17(4-2)15(18)6-5-11-21-14-9-7-13(8-10-14)12-16(19)20/h7-10H,3-6,11-12H2,1-2H3,(H,19,20). The fraction of sp³-hybridized carbons (Fsp3) is 0.500. The van der Waals surface area contributed by atoms with E-state index in [0.29, 0.717) is 6.42 Å². The number of carboxylic acid groups (broad SMARTS) is 1. The van der Waals surface area contributed by atoms with Gasteiger partial charge in [0.05, 0.1) is 6.42 Å². The van der Waals surface area contributed by atoms with E-state index in [0.717, 1.165) is 35.7 Å². The third kappa shape index (κ3) is 6.67. The molecule has 0 aliphatic rings. The topological polar surface area (TPSA) is 57.6 Å². The summed E-state index contributed by atoms with van der Waals surface area (Å²) in [6.07, 6.45) is 1.51. The average Bonchev–Trinajstić information content (AvgIpc) is 2.46. The first-order valence-electron chi connectivity index (χ1n) is 7.28. The highest BCUT2D eigenvalue weighted by molar-refractivity contribution is 7.99. The van der Waals surface area contributed by atoms with Crippen LogP contribution in [-0.4, -0.2) is 40.7 Å². The monoisotopic (exact) mass is 309 g/mol. The summed E-state index contributed by atoms with van der Waals surface area (Å²) in [4.78, 5) is 25.4. The van der Waals surface area contributed by atoms with Crippen LogP contribution in [0.4, 0.5) is 0 Å². The van der Waals surface area contributed by atoms with Gasteiger partial charge >= 0.3 is 5.97 Å². The molecule has 0 radical (unpaired) electrons. The quantitative estimate of drug-likeness (QED) is 0.562. The van der Waals surface area contributed by atoms with Gasteiger partial charge in [-0.15, -0.1) is 11.8 Å². The minimum Gasteiger partial charge on any atom is -0.481 e. The summed E-state index contributed by atoms with van der Waals surface area (Å²) in [5.41, 5.74) is 0.809. The second-order valence-electron chi connectivity index (χ2n) is 4.73. The highest BCUT2D eigenvalue weighted by atomic mass is 32.2. The van der Waals surface area contributed by atoms with Gasteiger partial charge in [0.25, 0.3) is 0 Å². The highest BCUT2D eigenvalue weighted by Gasteiger charge is 2.08. The zero-order valence-corrected chi connectivity index (χ0v) is 13.5. The summed E-state index contributed by atoms with van der Waals surface area (Å²) < 4.78 is 0. The maximum atomic E-state index is 11.8. The zero-order chi connectivity index (χ0) is 15.7. The van der Waals surface area contributed by atoms with Crippen molar-refractivity contribution >= 4 is 23.6 Å². The Labute approximate surface area is 130 Å². The Balaban J connectivity index is 2.29. The lowest BCUT2D eigenvalue weighted by Crippen LogP contribution is -2.30. The fourth-order valence-electron chi connectivity index (χ4n) is 2.03. The van der Waals surface area contributed by atoms with Gasteiger partial charge in [-0.3, -0.25) is 9.59 Å². The van der Waals surface area contributed by atoms with E-state index in [4.69, 9.17) is 5.11 Å². The highest BCUT2D eigenvalue weighted by Crippen LogP contribution is 2.20. The Kier molecular flexibility index (Phi) is 7.90. The summed E-state index contributed by atoms with van der Waals surface area (Å²) >= 11 is 1.70. The number of thioether (sulfide) groups is 1. The molecule has 0 aromatic heterocycles. The van der Waals surface area contributed by atoms with E-state index in [1.165, 1.54) is 0 Å². The molecule has 0 saturated carbocycles. The third-order valence-corrected chi connectivity index (χ3v) is 4.30. The van der Waals surface area contributed by atoms with E-state index in [1.807, 2.05) is 43.0 Å². The van der Waals surface area contributed by atoms with Gasteiger partial charge in [-0.2, -0.15) is 0 Å². The lowest BCUT2D eigenvalue weighted by Gasteiger charge is -2.18. The van der Waals surface area contributed by atoms with Gasteiger partial charge in [0.1, 0.15) is 0 Å². The van der Waals surface area contributed by atoms with Crippen molar-refractivity contribution in [3.63, 3.8) is 0 Å². The molecule has 0 aliphatic heterocycles. The van der Waals surface area contributed by atoms with E-state index < -0.39 is 5.97 Å². The molecule has 0 spiro atoms. The van der Waals surface area contributed by atoms with Crippen molar-refractivity contribution in [2.75, 3.05) is 18.8 Å². The molecule has 0 heterocycles. The summed E-state index contributed by atoms with van der Waals surface area (Å²) in [5, 5.41) is 8.71. The normalized spacial score (nSPS) is 10.4. The maximum Gasteiger partial charge on any atom is 0.307 e. The molecule has 0 saturated heterocycles. The molecule has 21 heavy (non-hydrogen) atoms. The van der Waals surface area contributed by atoms with Crippen molar-refractivity contribution in [3.05, 3.63) is 29.8 Å². The number of amides is 1. The first kappa shape index (κ1) is 17.6. The lowest BCUT2D eigenvalue weighted by molar-refractivity contribution is -0.136. The van der Waals surface area contributed by atoms with Crippen LogP contribution in [0.25, 0.3) is 0 Å². The summed E-state index contributed by atoms with van der Waals surface area (Å²) in [5.74, 6) is 0.299. The van der Waals surface area contributed by atoms with Crippen LogP contribution in [-0.2, 0) is 16.0 Å². The second-order valence-corrected chi connectivity index (χ2v) is 5.90. The Hall–Kier alpha value is -1.49. The number of hydrogen-bond acceptors (Lipinski definition) is 3. The van der Waals surface area contributed by atoms with Gasteiger partial charge in [-0.25, -0.2) is 0 Å². The van der Waals surface area contributed by atoms with E-state index in [9.17, 15) is 9.59 Å². The number of benzene rings is 1. The van der Waals surface area contributed by atoms with Crippen LogP contribution < -0.4 is 0 Å². The summed E-state index contributed by atoms with van der Waals surface area (Å²) in [6.45, 7) is 5.53. The molecule has 1 rings (SSSR count). The first-order chi connectivity index (χ1) is 10.1. The molecule has 0 aliphatic carbocycles. The van der Waals surface area contributed by atoms with Gasteiger partial charge in [0.15, 0.2) is 0 Å². The van der Waals surface area contributed by atoms with Crippen LogP contribution >= 0.6 is 11.8 Å². The Morgan fingerprint density at radius 3 is 2.29 bits per heavy atom. The van der Waals surface area contributed by atoms with Crippen LogP contribution in [0, 0.1) is 0 Å². The van der Waals surface area contributed by atoms with E-state index in [1.54, 1.807) is 11.8 Å². The largest absolute Gasteiger partial charge is 0.481 e. The Bertz CT molecular complexity index is 455. The number of carboxylic acids is 1. The number of aliphatic carboxylic acids is 1. The minimum atomic E-state index is -0.815. The molecule has 1 N–H and O–H groups in total. The summed E-state index contributed by atoms with van der Waals surface area (Å²) in [7, 11) is 0. The fourth-order valence-corrected chi connectivity index (χ4v) is 2.88. The Morgan fingerprint density at radius 1 is 1.14 bits per heavy atom. The van der Waals surface area contributed by atoms with Crippen LogP contribution in [0.5, 0.6) is 0 Å². The van der Waals surface area contributed by atoms with Crippen molar-refractivity contribution in [1.29, 1.82) is 0 Å². The number of carbonyl (C=O) groups is 2. The summed E-state index contributed by atoms with van der Waals surface area (Å²) in [6, 6.07) is 7.57. The van der Waals surface area contributed by atoms with Crippen molar-refractivity contribution in [1.82, 2.24) is 4.90 Å². The third-order valence-electron chi connectivity index (χ3n) is 3.20. The molecular formula is C16H23NO3S. The van der Waals surface area contributed by atoms with Crippen LogP contribution in [0.1, 0.15) is 32.3 Å². The number of hydrogen-bond donors (Lipinski definition) is 1. The van der Waals surface area contributed by atoms with Crippen molar-refractivity contribution in [2.45, 2.75) is 38.0 Å². The first-order valence-corrected chi connectivity index (χ1v) is 8.26. The molecule has 116 valence electrons. The molecule has 1 aromatic rings. The number of carbonyl (C=O) groups excluding carboxylic acids is 1. The number of nitrogens with zero attached hydrogens (tertiary/aromatic N) is 1. The van der Waals surface area contributed by atoms with E-state index in [-0.39, 0.29) is 12.3 Å². The molecule has 4 nitrogen and oxygen atoms in total. The molecule has 1 aromatic carbocycles. The van der Waals surface area contributed by atoms with Crippen molar-refractivity contribution < 1.29 is 14.7 Å². The van der Waals surface area contributed by atoms with Crippen molar-refractivity contribution in [3.8, 4) is 0 Å².